The van der Waals surface area contributed by atoms with E-state index in [1.165, 1.54) is 0 Å². The van der Waals surface area contributed by atoms with Gasteiger partial charge in [-0.3, -0.25) is 4.79 Å². The Morgan fingerprint density at radius 1 is 1.17 bits per heavy atom. The molecule has 2 heterocycles. The van der Waals surface area contributed by atoms with Gasteiger partial charge in [-0.2, -0.15) is 0 Å². The highest BCUT2D eigenvalue weighted by molar-refractivity contribution is 7.90. The molecule has 0 radical (unpaired) electrons. The summed E-state index contributed by atoms with van der Waals surface area (Å²) < 4.78 is 25.8. The van der Waals surface area contributed by atoms with E-state index in [-0.39, 0.29) is 17.7 Å². The standard InChI is InChI=1S/C23H30N2O3S/c1-5-19-11-10-18(4)25(14-19)23(26)21-8-6-7-20(24-21)15-29(27,28)22-12-9-16(2)13-17(22)3/h6-9,12-13,18-19H,5,10-11,14-15H2,1-4H3. The second-order valence-corrected chi connectivity index (χ2v) is 10.2. The molecule has 0 saturated carbocycles. The number of pyridine rings is 1. The molecule has 6 heteroatoms. The van der Waals surface area contributed by atoms with Crippen LogP contribution in [0.1, 0.15) is 60.4 Å². The molecule has 1 aromatic carbocycles. The maximum Gasteiger partial charge on any atom is 0.272 e. The van der Waals surface area contributed by atoms with Crippen LogP contribution in [0.15, 0.2) is 41.3 Å². The van der Waals surface area contributed by atoms with Crippen molar-refractivity contribution in [3.63, 3.8) is 0 Å². The lowest BCUT2D eigenvalue weighted by molar-refractivity contribution is 0.0550. The third-order valence-corrected chi connectivity index (χ3v) is 7.65. The molecule has 1 amide bonds. The molecule has 3 rings (SSSR count). The number of likely N-dealkylation sites (tertiary alicyclic amines) is 1. The largest absolute Gasteiger partial charge is 0.334 e. The van der Waals surface area contributed by atoms with Crippen molar-refractivity contribution in [3.8, 4) is 0 Å². The molecule has 1 aliphatic rings. The van der Waals surface area contributed by atoms with Crippen LogP contribution >= 0.6 is 0 Å². The van der Waals surface area contributed by atoms with Crippen LogP contribution in [0.2, 0.25) is 0 Å². The zero-order valence-corrected chi connectivity index (χ0v) is 18.5. The van der Waals surface area contributed by atoms with Crippen LogP contribution in [0.25, 0.3) is 0 Å². The summed E-state index contributed by atoms with van der Waals surface area (Å²) in [6.07, 6.45) is 3.19. The third-order valence-electron chi connectivity index (χ3n) is 5.85. The lowest BCUT2D eigenvalue weighted by Gasteiger charge is -2.37. The van der Waals surface area contributed by atoms with Crippen molar-refractivity contribution in [2.24, 2.45) is 5.92 Å². The number of carbonyl (C=O) groups excluding carboxylic acids is 1. The first-order chi connectivity index (χ1) is 13.7. The van der Waals surface area contributed by atoms with Gasteiger partial charge in [0, 0.05) is 12.6 Å². The smallest absolute Gasteiger partial charge is 0.272 e. The quantitative estimate of drug-likeness (QED) is 0.731. The number of aromatic nitrogens is 1. The van der Waals surface area contributed by atoms with Gasteiger partial charge in [0.15, 0.2) is 9.84 Å². The fourth-order valence-corrected chi connectivity index (χ4v) is 5.58. The van der Waals surface area contributed by atoms with Crippen molar-refractivity contribution in [2.75, 3.05) is 6.54 Å². The minimum Gasteiger partial charge on any atom is -0.334 e. The Labute approximate surface area is 174 Å². The second kappa shape index (κ2) is 8.66. The van der Waals surface area contributed by atoms with Crippen LogP contribution in [0, 0.1) is 19.8 Å². The van der Waals surface area contributed by atoms with Gasteiger partial charge in [-0.1, -0.05) is 37.1 Å². The molecule has 5 nitrogen and oxygen atoms in total. The number of benzene rings is 1. The molecule has 1 aliphatic heterocycles. The fraction of sp³-hybridized carbons (Fsp3) is 0.478. The molecule has 29 heavy (non-hydrogen) atoms. The molecule has 0 aliphatic carbocycles. The predicted molar refractivity (Wildman–Crippen MR) is 115 cm³/mol. The summed E-state index contributed by atoms with van der Waals surface area (Å²) in [6.45, 7) is 8.70. The number of hydrogen-bond acceptors (Lipinski definition) is 4. The molecule has 2 atom stereocenters. The number of carbonyl (C=O) groups is 1. The van der Waals surface area contributed by atoms with Crippen LogP contribution in [-0.2, 0) is 15.6 Å². The Morgan fingerprint density at radius 2 is 1.93 bits per heavy atom. The van der Waals surface area contributed by atoms with Gasteiger partial charge in [-0.15, -0.1) is 0 Å². The number of rotatable bonds is 5. The Balaban J connectivity index is 1.83. The minimum atomic E-state index is -3.54. The van der Waals surface area contributed by atoms with Crippen LogP contribution in [0.4, 0.5) is 0 Å². The van der Waals surface area contributed by atoms with Gasteiger partial charge in [0.1, 0.15) is 5.69 Å². The molecular weight excluding hydrogens is 384 g/mol. The van der Waals surface area contributed by atoms with Crippen molar-refractivity contribution >= 4 is 15.7 Å². The van der Waals surface area contributed by atoms with Crippen LogP contribution in [0.5, 0.6) is 0 Å². The van der Waals surface area contributed by atoms with E-state index >= 15 is 0 Å². The van der Waals surface area contributed by atoms with Gasteiger partial charge in [0.2, 0.25) is 0 Å². The van der Waals surface area contributed by atoms with Crippen LogP contribution in [-0.4, -0.2) is 36.8 Å². The molecule has 156 valence electrons. The SMILES string of the molecule is CCC1CCC(C)N(C(=O)c2cccc(CS(=O)(=O)c3ccc(C)cc3C)n2)C1. The van der Waals surface area contributed by atoms with E-state index < -0.39 is 9.84 Å². The number of hydrogen-bond donors (Lipinski definition) is 0. The Morgan fingerprint density at radius 3 is 2.62 bits per heavy atom. The number of piperidine rings is 1. The van der Waals surface area contributed by atoms with Crippen LogP contribution < -0.4 is 0 Å². The van der Waals surface area contributed by atoms with Crippen molar-refractivity contribution in [3.05, 3.63) is 58.9 Å². The molecule has 0 bridgehead atoms. The maximum atomic E-state index is 13.1. The Bertz CT molecular complexity index is 1000. The van der Waals surface area contributed by atoms with E-state index in [1.807, 2.05) is 17.9 Å². The van der Waals surface area contributed by atoms with Crippen molar-refractivity contribution in [1.82, 2.24) is 9.88 Å². The number of sulfone groups is 1. The van der Waals surface area contributed by atoms with Gasteiger partial charge in [-0.05, 0) is 63.3 Å². The zero-order chi connectivity index (χ0) is 21.2. The minimum absolute atomic E-state index is 0.110. The summed E-state index contributed by atoms with van der Waals surface area (Å²) in [4.78, 5) is 19.7. The van der Waals surface area contributed by atoms with E-state index in [4.69, 9.17) is 0 Å². The number of amides is 1. The molecule has 1 saturated heterocycles. The van der Waals surface area contributed by atoms with E-state index in [2.05, 4.69) is 18.8 Å². The van der Waals surface area contributed by atoms with E-state index in [0.29, 0.717) is 22.2 Å². The summed E-state index contributed by atoms with van der Waals surface area (Å²) in [7, 11) is -3.54. The average Bonchev–Trinajstić information content (AvgIpc) is 2.67. The molecule has 1 fully saturated rings. The monoisotopic (exact) mass is 414 g/mol. The van der Waals surface area contributed by atoms with Gasteiger partial charge in [-0.25, -0.2) is 13.4 Å². The Hall–Kier alpha value is -2.21. The summed E-state index contributed by atoms with van der Waals surface area (Å²) >= 11 is 0. The van der Waals surface area contributed by atoms with Crippen molar-refractivity contribution in [1.29, 1.82) is 0 Å². The number of nitrogens with zero attached hydrogens (tertiary/aromatic N) is 2. The lowest BCUT2D eigenvalue weighted by atomic mass is 9.91. The van der Waals surface area contributed by atoms with Gasteiger partial charge >= 0.3 is 0 Å². The molecule has 2 unspecified atom stereocenters. The highest BCUT2D eigenvalue weighted by Gasteiger charge is 2.29. The normalized spacial score (nSPS) is 19.9. The van der Waals surface area contributed by atoms with E-state index in [0.717, 1.165) is 36.9 Å². The Kier molecular flexibility index (Phi) is 6.42. The molecule has 2 aromatic rings. The zero-order valence-electron chi connectivity index (χ0n) is 17.7. The van der Waals surface area contributed by atoms with Crippen molar-refractivity contribution in [2.45, 2.75) is 63.6 Å². The van der Waals surface area contributed by atoms with Gasteiger partial charge in [0.25, 0.3) is 5.91 Å². The first kappa shape index (κ1) is 21.5. The predicted octanol–water partition coefficient (Wildman–Crippen LogP) is 4.32. The van der Waals surface area contributed by atoms with E-state index in [1.54, 1.807) is 37.3 Å². The summed E-state index contributed by atoms with van der Waals surface area (Å²) in [6, 6.07) is 10.6. The first-order valence-electron chi connectivity index (χ1n) is 10.3. The average molecular weight is 415 g/mol. The maximum absolute atomic E-state index is 13.1. The number of aryl methyl sites for hydroxylation is 2. The summed E-state index contributed by atoms with van der Waals surface area (Å²) in [5.41, 5.74) is 2.47. The third kappa shape index (κ3) is 4.86. The van der Waals surface area contributed by atoms with Crippen LogP contribution in [0.3, 0.4) is 0 Å². The van der Waals surface area contributed by atoms with E-state index in [9.17, 15) is 13.2 Å². The van der Waals surface area contributed by atoms with Crippen molar-refractivity contribution < 1.29 is 13.2 Å². The van der Waals surface area contributed by atoms with Gasteiger partial charge < -0.3 is 4.90 Å². The molecule has 1 aromatic heterocycles. The fourth-order valence-electron chi connectivity index (χ4n) is 4.05. The lowest BCUT2D eigenvalue weighted by Crippen LogP contribution is -2.45. The summed E-state index contributed by atoms with van der Waals surface area (Å²) in [5.74, 6) is 0.190. The molecule has 0 N–H and O–H groups in total. The highest BCUT2D eigenvalue weighted by atomic mass is 32.2. The first-order valence-corrected chi connectivity index (χ1v) is 11.9. The summed E-state index contributed by atoms with van der Waals surface area (Å²) in [5, 5.41) is 0. The molecule has 0 spiro atoms. The molecular formula is C23H30N2O3S. The van der Waals surface area contributed by atoms with Gasteiger partial charge in [0.05, 0.1) is 16.3 Å². The topological polar surface area (TPSA) is 67.3 Å². The highest BCUT2D eigenvalue weighted by Crippen LogP contribution is 2.26. The second-order valence-electron chi connectivity index (χ2n) is 8.20.